The van der Waals surface area contributed by atoms with Crippen molar-refractivity contribution in [3.8, 4) is 0 Å². The highest BCUT2D eigenvalue weighted by atomic mass is 79.9. The maximum absolute atomic E-state index is 6.60. The van der Waals surface area contributed by atoms with Crippen LogP contribution in [0.1, 0.15) is 22.7 Å². The van der Waals surface area contributed by atoms with Crippen molar-refractivity contribution in [3.05, 3.63) is 80.2 Å². The molecule has 2 N–H and O–H groups in total. The SMILES string of the molecule is Cc1ccc2ccccc2c1C(N)c1cc(Br)ccc1Br. The molecule has 3 heteroatoms. The van der Waals surface area contributed by atoms with E-state index in [1.165, 1.54) is 21.9 Å². The van der Waals surface area contributed by atoms with E-state index in [-0.39, 0.29) is 6.04 Å². The van der Waals surface area contributed by atoms with Gasteiger partial charge in [-0.1, -0.05) is 68.3 Å². The van der Waals surface area contributed by atoms with E-state index in [0.29, 0.717) is 0 Å². The van der Waals surface area contributed by atoms with Crippen LogP contribution in [-0.4, -0.2) is 0 Å². The molecule has 21 heavy (non-hydrogen) atoms. The first kappa shape index (κ1) is 14.8. The Morgan fingerprint density at radius 1 is 0.952 bits per heavy atom. The summed E-state index contributed by atoms with van der Waals surface area (Å²) < 4.78 is 2.07. The molecule has 0 heterocycles. The zero-order chi connectivity index (χ0) is 15.0. The number of aryl methyl sites for hydroxylation is 1. The minimum absolute atomic E-state index is 0.164. The van der Waals surface area contributed by atoms with Gasteiger partial charge in [-0.15, -0.1) is 0 Å². The van der Waals surface area contributed by atoms with Crippen molar-refractivity contribution in [1.29, 1.82) is 0 Å². The number of nitrogens with two attached hydrogens (primary N) is 1. The normalized spacial score (nSPS) is 12.6. The first-order chi connectivity index (χ1) is 10.1. The first-order valence-electron chi connectivity index (χ1n) is 6.76. The van der Waals surface area contributed by atoms with Gasteiger partial charge in [-0.2, -0.15) is 0 Å². The summed E-state index contributed by atoms with van der Waals surface area (Å²) in [6.07, 6.45) is 0. The van der Waals surface area contributed by atoms with E-state index in [4.69, 9.17) is 5.73 Å². The van der Waals surface area contributed by atoms with Crippen molar-refractivity contribution in [3.63, 3.8) is 0 Å². The molecule has 0 bridgehead atoms. The zero-order valence-electron chi connectivity index (χ0n) is 11.6. The van der Waals surface area contributed by atoms with Crippen LogP contribution in [0, 0.1) is 6.92 Å². The highest BCUT2D eigenvalue weighted by Gasteiger charge is 2.17. The van der Waals surface area contributed by atoms with Crippen LogP contribution in [0.5, 0.6) is 0 Å². The molecule has 106 valence electrons. The number of halogens is 2. The van der Waals surface area contributed by atoms with Crippen molar-refractivity contribution in [2.75, 3.05) is 0 Å². The summed E-state index contributed by atoms with van der Waals surface area (Å²) in [5.41, 5.74) is 10.1. The van der Waals surface area contributed by atoms with Crippen molar-refractivity contribution in [2.45, 2.75) is 13.0 Å². The Morgan fingerprint density at radius 2 is 1.71 bits per heavy atom. The van der Waals surface area contributed by atoms with Gasteiger partial charge >= 0.3 is 0 Å². The molecule has 0 saturated heterocycles. The standard InChI is InChI=1S/C18H15Br2N/c1-11-6-7-12-4-2-3-5-14(12)17(11)18(21)15-10-13(19)8-9-16(15)20/h2-10,18H,21H2,1H3. The van der Waals surface area contributed by atoms with Gasteiger partial charge in [0, 0.05) is 8.95 Å². The fraction of sp³-hybridized carbons (Fsp3) is 0.111. The van der Waals surface area contributed by atoms with Crippen molar-refractivity contribution in [1.82, 2.24) is 0 Å². The van der Waals surface area contributed by atoms with Crippen LogP contribution in [0.2, 0.25) is 0 Å². The lowest BCUT2D eigenvalue weighted by atomic mass is 9.91. The summed E-state index contributed by atoms with van der Waals surface area (Å²) in [6.45, 7) is 2.12. The van der Waals surface area contributed by atoms with E-state index in [0.717, 1.165) is 14.5 Å². The number of hydrogen-bond donors (Lipinski definition) is 1. The number of fused-ring (bicyclic) bond motifs is 1. The Bertz CT molecular complexity index is 811. The van der Waals surface area contributed by atoms with Crippen LogP contribution in [0.3, 0.4) is 0 Å². The largest absolute Gasteiger partial charge is 0.320 e. The molecular formula is C18H15Br2N. The maximum atomic E-state index is 6.60. The fourth-order valence-electron chi connectivity index (χ4n) is 2.73. The Hall–Kier alpha value is -1.16. The molecule has 1 unspecified atom stereocenters. The minimum Gasteiger partial charge on any atom is -0.320 e. The predicted molar refractivity (Wildman–Crippen MR) is 96.6 cm³/mol. The van der Waals surface area contributed by atoms with E-state index in [1.54, 1.807) is 0 Å². The van der Waals surface area contributed by atoms with E-state index in [1.807, 2.05) is 12.1 Å². The molecule has 0 radical (unpaired) electrons. The van der Waals surface area contributed by atoms with Gasteiger partial charge < -0.3 is 5.73 Å². The number of benzene rings is 3. The van der Waals surface area contributed by atoms with Gasteiger partial charge in [-0.05, 0) is 52.6 Å². The van der Waals surface area contributed by atoms with Gasteiger partial charge in [0.15, 0.2) is 0 Å². The molecule has 1 nitrogen and oxygen atoms in total. The molecule has 0 spiro atoms. The molecule has 0 saturated carbocycles. The lowest BCUT2D eigenvalue weighted by Gasteiger charge is -2.19. The molecule has 3 aromatic carbocycles. The van der Waals surface area contributed by atoms with Crippen LogP contribution in [-0.2, 0) is 0 Å². The molecule has 0 aliphatic rings. The number of rotatable bonds is 2. The Labute approximate surface area is 141 Å². The highest BCUT2D eigenvalue weighted by molar-refractivity contribution is 9.11. The smallest absolute Gasteiger partial charge is 0.0571 e. The second kappa shape index (κ2) is 5.91. The van der Waals surface area contributed by atoms with E-state index >= 15 is 0 Å². The quantitative estimate of drug-likeness (QED) is 0.580. The minimum atomic E-state index is -0.164. The van der Waals surface area contributed by atoms with Gasteiger partial charge in [0.2, 0.25) is 0 Å². The van der Waals surface area contributed by atoms with Crippen molar-refractivity contribution < 1.29 is 0 Å². The molecule has 0 aliphatic carbocycles. The van der Waals surface area contributed by atoms with Gasteiger partial charge in [0.1, 0.15) is 0 Å². The lowest BCUT2D eigenvalue weighted by Crippen LogP contribution is -2.14. The zero-order valence-corrected chi connectivity index (χ0v) is 14.8. The van der Waals surface area contributed by atoms with E-state index < -0.39 is 0 Å². The first-order valence-corrected chi connectivity index (χ1v) is 8.35. The summed E-state index contributed by atoms with van der Waals surface area (Å²) in [5, 5.41) is 2.44. The summed E-state index contributed by atoms with van der Waals surface area (Å²) >= 11 is 7.15. The summed E-state index contributed by atoms with van der Waals surface area (Å²) in [4.78, 5) is 0. The summed E-state index contributed by atoms with van der Waals surface area (Å²) in [6, 6.07) is 18.6. The predicted octanol–water partition coefficient (Wildman–Crippen LogP) is 5.72. The molecule has 3 rings (SSSR count). The summed E-state index contributed by atoms with van der Waals surface area (Å²) in [5.74, 6) is 0. The molecule has 0 fully saturated rings. The molecule has 1 atom stereocenters. The summed E-state index contributed by atoms with van der Waals surface area (Å²) in [7, 11) is 0. The van der Waals surface area contributed by atoms with Crippen LogP contribution < -0.4 is 5.73 Å². The lowest BCUT2D eigenvalue weighted by molar-refractivity contribution is 0.865. The van der Waals surface area contributed by atoms with E-state index in [9.17, 15) is 0 Å². The van der Waals surface area contributed by atoms with Crippen molar-refractivity contribution in [2.24, 2.45) is 5.73 Å². The monoisotopic (exact) mass is 403 g/mol. The van der Waals surface area contributed by atoms with Crippen molar-refractivity contribution >= 4 is 42.6 Å². The van der Waals surface area contributed by atoms with Crippen LogP contribution in [0.4, 0.5) is 0 Å². The van der Waals surface area contributed by atoms with Gasteiger partial charge in [0.25, 0.3) is 0 Å². The second-order valence-electron chi connectivity index (χ2n) is 5.16. The third kappa shape index (κ3) is 2.78. The molecule has 0 aromatic heterocycles. The number of hydrogen-bond acceptors (Lipinski definition) is 1. The average Bonchev–Trinajstić information content (AvgIpc) is 2.49. The average molecular weight is 405 g/mol. The highest BCUT2D eigenvalue weighted by Crippen LogP contribution is 2.34. The van der Waals surface area contributed by atoms with Crippen LogP contribution >= 0.6 is 31.9 Å². The topological polar surface area (TPSA) is 26.0 Å². The van der Waals surface area contributed by atoms with Gasteiger partial charge in [-0.3, -0.25) is 0 Å². The second-order valence-corrected chi connectivity index (χ2v) is 6.93. The Kier molecular flexibility index (Phi) is 4.16. The Balaban J connectivity index is 2.24. The Morgan fingerprint density at radius 3 is 2.52 bits per heavy atom. The molecule has 3 aromatic rings. The molecule has 0 aliphatic heterocycles. The molecular weight excluding hydrogens is 390 g/mol. The third-order valence-corrected chi connectivity index (χ3v) is 5.01. The van der Waals surface area contributed by atoms with Crippen LogP contribution in [0.15, 0.2) is 63.5 Å². The maximum Gasteiger partial charge on any atom is 0.0571 e. The van der Waals surface area contributed by atoms with E-state index in [2.05, 4.69) is 81.2 Å². The third-order valence-electron chi connectivity index (χ3n) is 3.79. The fourth-order valence-corrected chi connectivity index (χ4v) is 3.60. The van der Waals surface area contributed by atoms with Gasteiger partial charge in [-0.25, -0.2) is 0 Å². The van der Waals surface area contributed by atoms with Crippen LogP contribution in [0.25, 0.3) is 10.8 Å². The van der Waals surface area contributed by atoms with Gasteiger partial charge in [0.05, 0.1) is 6.04 Å². The molecule has 0 amide bonds.